The van der Waals surface area contributed by atoms with Crippen LogP contribution in [-0.2, 0) is 10.2 Å². The van der Waals surface area contributed by atoms with Crippen molar-refractivity contribution in [1.82, 2.24) is 0 Å². The quantitative estimate of drug-likeness (QED) is 0.923. The van der Waals surface area contributed by atoms with Gasteiger partial charge in [-0.1, -0.05) is 31.4 Å². The Hall–Kier alpha value is -1.16. The van der Waals surface area contributed by atoms with Gasteiger partial charge < -0.3 is 9.84 Å². The molecule has 0 bridgehead atoms. The van der Waals surface area contributed by atoms with Gasteiger partial charge >= 0.3 is 5.97 Å². The molecule has 0 spiro atoms. The van der Waals surface area contributed by atoms with Crippen LogP contribution in [0.1, 0.15) is 37.7 Å². The summed E-state index contributed by atoms with van der Waals surface area (Å²) in [6.45, 7) is 0. The Morgan fingerprint density at radius 2 is 1.80 bits per heavy atom. The summed E-state index contributed by atoms with van der Waals surface area (Å²) in [5.41, 5.74) is 0.253. The van der Waals surface area contributed by atoms with E-state index < -0.39 is 11.4 Å². The lowest BCUT2D eigenvalue weighted by atomic mass is 9.69. The van der Waals surface area contributed by atoms with Crippen LogP contribution >= 0.6 is 11.8 Å². The molecule has 0 radical (unpaired) electrons. The van der Waals surface area contributed by atoms with Crippen molar-refractivity contribution in [3.8, 4) is 5.75 Å². The van der Waals surface area contributed by atoms with Gasteiger partial charge in [0.25, 0.3) is 0 Å². The number of benzene rings is 1. The number of ether oxygens (including phenoxy) is 1. The predicted molar refractivity (Wildman–Crippen MR) is 80.6 cm³/mol. The summed E-state index contributed by atoms with van der Waals surface area (Å²) in [7, 11) is 0. The highest BCUT2D eigenvalue weighted by atomic mass is 32.2. The second-order valence-corrected chi connectivity index (χ2v) is 6.82. The molecule has 1 aliphatic heterocycles. The maximum Gasteiger partial charge on any atom is 0.314 e. The van der Waals surface area contributed by atoms with Crippen molar-refractivity contribution in [3.05, 3.63) is 29.8 Å². The van der Waals surface area contributed by atoms with E-state index in [0.717, 1.165) is 54.9 Å². The lowest BCUT2D eigenvalue weighted by Crippen LogP contribution is -2.37. The van der Waals surface area contributed by atoms with Crippen LogP contribution in [0.5, 0.6) is 5.75 Å². The number of thioether (sulfide) groups is 1. The van der Waals surface area contributed by atoms with Crippen LogP contribution in [0.15, 0.2) is 24.3 Å². The van der Waals surface area contributed by atoms with Crippen molar-refractivity contribution < 1.29 is 14.6 Å². The molecule has 0 unspecified atom stereocenters. The lowest BCUT2D eigenvalue weighted by molar-refractivity contribution is -0.145. The highest BCUT2D eigenvalue weighted by molar-refractivity contribution is 8.00. The number of hydrogen-bond acceptors (Lipinski definition) is 3. The third-order valence-electron chi connectivity index (χ3n) is 4.43. The zero-order valence-corrected chi connectivity index (χ0v) is 12.3. The molecule has 20 heavy (non-hydrogen) atoms. The smallest absolute Gasteiger partial charge is 0.314 e. The van der Waals surface area contributed by atoms with Gasteiger partial charge in [-0.05, 0) is 30.5 Å². The molecule has 1 saturated carbocycles. The topological polar surface area (TPSA) is 46.5 Å². The first-order valence-electron chi connectivity index (χ1n) is 7.29. The second-order valence-electron chi connectivity index (χ2n) is 5.75. The first kappa shape index (κ1) is 13.8. The van der Waals surface area contributed by atoms with Crippen molar-refractivity contribution in [2.24, 2.45) is 0 Å². The summed E-state index contributed by atoms with van der Waals surface area (Å²) in [6.07, 6.45) is 4.99. The minimum atomic E-state index is -0.679. The minimum absolute atomic E-state index is 0.328. The number of hydrogen-bond donors (Lipinski definition) is 1. The summed E-state index contributed by atoms with van der Waals surface area (Å²) >= 11 is 1.89. The van der Waals surface area contributed by atoms with Crippen molar-refractivity contribution in [2.45, 2.75) is 43.6 Å². The van der Waals surface area contributed by atoms with E-state index in [-0.39, 0.29) is 0 Å². The van der Waals surface area contributed by atoms with Crippen molar-refractivity contribution in [3.63, 3.8) is 0 Å². The van der Waals surface area contributed by atoms with Crippen LogP contribution in [0.25, 0.3) is 0 Å². The average molecular weight is 292 g/mol. The van der Waals surface area contributed by atoms with Crippen LogP contribution in [0.4, 0.5) is 0 Å². The van der Waals surface area contributed by atoms with Crippen LogP contribution in [0, 0.1) is 0 Å². The molecule has 108 valence electrons. The normalized spacial score (nSPS) is 22.0. The molecule has 1 aliphatic carbocycles. The highest BCUT2D eigenvalue weighted by Gasteiger charge is 2.41. The number of aliphatic carboxylic acids is 1. The van der Waals surface area contributed by atoms with E-state index in [1.54, 1.807) is 0 Å². The number of carboxylic acid groups (broad SMARTS) is 1. The zero-order chi connectivity index (χ0) is 14.0. The Kier molecular flexibility index (Phi) is 3.92. The van der Waals surface area contributed by atoms with Crippen LogP contribution in [0.3, 0.4) is 0 Å². The Balaban J connectivity index is 1.78. The summed E-state index contributed by atoms with van der Waals surface area (Å²) in [6, 6.07) is 7.75. The standard InChI is InChI=1S/C16H20O3S/c17-15(18)16(8-2-1-3-9-16)12-4-6-13(7-5-12)19-14-10-20-11-14/h4-7,14H,1-3,8-11H2,(H,17,18). The molecule has 1 N–H and O–H groups in total. The average Bonchev–Trinajstić information content (AvgIpc) is 2.44. The maximum absolute atomic E-state index is 11.8. The highest BCUT2D eigenvalue weighted by Crippen LogP contribution is 2.40. The van der Waals surface area contributed by atoms with Gasteiger partial charge in [-0.3, -0.25) is 4.79 Å². The third-order valence-corrected chi connectivity index (χ3v) is 5.65. The Morgan fingerprint density at radius 1 is 1.15 bits per heavy atom. The molecule has 0 aromatic heterocycles. The molecule has 2 fully saturated rings. The van der Waals surface area contributed by atoms with E-state index in [0.29, 0.717) is 6.10 Å². The largest absolute Gasteiger partial charge is 0.489 e. The summed E-state index contributed by atoms with van der Waals surface area (Å²) in [5.74, 6) is 2.29. The molecule has 3 rings (SSSR count). The van der Waals surface area contributed by atoms with E-state index in [9.17, 15) is 9.90 Å². The zero-order valence-electron chi connectivity index (χ0n) is 11.5. The first-order valence-corrected chi connectivity index (χ1v) is 8.44. The molecule has 0 amide bonds. The van der Waals surface area contributed by atoms with Crippen LogP contribution < -0.4 is 4.74 Å². The van der Waals surface area contributed by atoms with Gasteiger partial charge in [-0.15, -0.1) is 0 Å². The Labute approximate surface area is 123 Å². The van der Waals surface area contributed by atoms with Gasteiger partial charge in [0.15, 0.2) is 0 Å². The Morgan fingerprint density at radius 3 is 2.30 bits per heavy atom. The fourth-order valence-electron chi connectivity index (χ4n) is 3.11. The summed E-state index contributed by atoms with van der Waals surface area (Å²) in [5, 5.41) is 9.67. The number of carboxylic acids is 1. The first-order chi connectivity index (χ1) is 9.71. The van der Waals surface area contributed by atoms with Crippen molar-refractivity contribution in [2.75, 3.05) is 11.5 Å². The number of carbonyl (C=O) groups is 1. The van der Waals surface area contributed by atoms with E-state index >= 15 is 0 Å². The number of rotatable bonds is 4. The fourth-order valence-corrected chi connectivity index (χ4v) is 3.67. The monoisotopic (exact) mass is 292 g/mol. The van der Waals surface area contributed by atoms with Crippen molar-refractivity contribution in [1.29, 1.82) is 0 Å². The molecule has 1 aromatic carbocycles. The van der Waals surface area contributed by atoms with Gasteiger partial charge in [0, 0.05) is 11.5 Å². The molecule has 1 heterocycles. The van der Waals surface area contributed by atoms with Crippen LogP contribution in [0.2, 0.25) is 0 Å². The minimum Gasteiger partial charge on any atom is -0.489 e. The van der Waals surface area contributed by atoms with Crippen molar-refractivity contribution >= 4 is 17.7 Å². The fraction of sp³-hybridized carbons (Fsp3) is 0.562. The maximum atomic E-state index is 11.8. The molecular weight excluding hydrogens is 272 g/mol. The molecule has 0 atom stereocenters. The van der Waals surface area contributed by atoms with Crippen LogP contribution in [-0.4, -0.2) is 28.7 Å². The van der Waals surface area contributed by atoms with Gasteiger partial charge in [-0.2, -0.15) is 11.8 Å². The third kappa shape index (κ3) is 2.53. The van der Waals surface area contributed by atoms with E-state index in [1.807, 2.05) is 36.0 Å². The van der Waals surface area contributed by atoms with Gasteiger partial charge in [-0.25, -0.2) is 0 Å². The summed E-state index contributed by atoms with van der Waals surface area (Å²) < 4.78 is 5.82. The second kappa shape index (κ2) is 5.68. The van der Waals surface area contributed by atoms with Gasteiger partial charge in [0.2, 0.25) is 0 Å². The van der Waals surface area contributed by atoms with E-state index in [2.05, 4.69) is 0 Å². The Bertz CT molecular complexity index is 473. The molecule has 1 saturated heterocycles. The van der Waals surface area contributed by atoms with Gasteiger partial charge in [0.1, 0.15) is 11.9 Å². The molecule has 3 nitrogen and oxygen atoms in total. The molecule has 1 aromatic rings. The lowest BCUT2D eigenvalue weighted by Gasteiger charge is -2.34. The van der Waals surface area contributed by atoms with E-state index in [4.69, 9.17) is 4.74 Å². The SMILES string of the molecule is O=C(O)C1(c2ccc(OC3CSC3)cc2)CCCCC1. The molecule has 2 aliphatic rings. The van der Waals surface area contributed by atoms with E-state index in [1.165, 1.54) is 0 Å². The van der Waals surface area contributed by atoms with Gasteiger partial charge in [0.05, 0.1) is 5.41 Å². The molecule has 4 heteroatoms. The predicted octanol–water partition coefficient (Wildman–Crippen LogP) is 3.47. The summed E-state index contributed by atoms with van der Waals surface area (Å²) in [4.78, 5) is 11.8. The molecular formula is C16H20O3S.